The molecule has 0 N–H and O–H groups in total. The average molecular weight is 428 g/mol. The first-order chi connectivity index (χ1) is 14.2. The van der Waals surface area contributed by atoms with Crippen molar-refractivity contribution in [3.63, 3.8) is 0 Å². The number of fused-ring (bicyclic) bond motifs is 1. The maximum absolute atomic E-state index is 13.1. The summed E-state index contributed by atoms with van der Waals surface area (Å²) in [4.78, 5) is 27.7. The molecule has 0 saturated carbocycles. The van der Waals surface area contributed by atoms with Crippen molar-refractivity contribution in [1.29, 1.82) is 0 Å². The molecule has 2 aliphatic heterocycles. The van der Waals surface area contributed by atoms with Crippen LogP contribution in [0.5, 0.6) is 11.5 Å². The van der Waals surface area contributed by atoms with Gasteiger partial charge >= 0.3 is 0 Å². The molecule has 0 radical (unpaired) electrons. The van der Waals surface area contributed by atoms with Crippen molar-refractivity contribution in [2.75, 3.05) is 13.1 Å². The average Bonchev–Trinajstić information content (AvgIpc) is 2.70. The molecule has 2 aromatic carbocycles. The van der Waals surface area contributed by atoms with E-state index < -0.39 is 11.2 Å². The number of rotatable bonds is 3. The number of ether oxygens (including phenoxy) is 2. The van der Waals surface area contributed by atoms with Gasteiger partial charge in [0.1, 0.15) is 17.1 Å². The number of hydrogen-bond donors (Lipinski definition) is 0. The first-order valence-corrected chi connectivity index (χ1v) is 10.6. The number of carbonyl (C=O) groups excluding carboxylic acids is 2. The van der Waals surface area contributed by atoms with Crippen LogP contribution in [0.2, 0.25) is 5.02 Å². The minimum Gasteiger partial charge on any atom is -0.486 e. The van der Waals surface area contributed by atoms with E-state index in [0.29, 0.717) is 54.4 Å². The van der Waals surface area contributed by atoms with Gasteiger partial charge in [0.25, 0.3) is 5.91 Å². The minimum absolute atomic E-state index is 0.0783. The number of aryl methyl sites for hydroxylation is 1. The summed E-state index contributed by atoms with van der Waals surface area (Å²) < 4.78 is 12.3. The third-order valence-corrected chi connectivity index (χ3v) is 6.16. The van der Waals surface area contributed by atoms with Crippen LogP contribution in [0, 0.1) is 6.92 Å². The van der Waals surface area contributed by atoms with Gasteiger partial charge in [-0.25, -0.2) is 0 Å². The summed E-state index contributed by atoms with van der Waals surface area (Å²) in [6, 6.07) is 12.7. The van der Waals surface area contributed by atoms with E-state index in [1.807, 2.05) is 25.1 Å². The van der Waals surface area contributed by atoms with Crippen molar-refractivity contribution in [2.24, 2.45) is 0 Å². The second kappa shape index (κ2) is 7.62. The summed E-state index contributed by atoms with van der Waals surface area (Å²) in [5.74, 6) is 1.29. The summed E-state index contributed by atoms with van der Waals surface area (Å²) in [6.45, 7) is 6.57. The normalized spacial score (nSPS) is 18.0. The second-order valence-electron chi connectivity index (χ2n) is 8.74. The van der Waals surface area contributed by atoms with Gasteiger partial charge < -0.3 is 14.4 Å². The quantitative estimate of drug-likeness (QED) is 0.703. The topological polar surface area (TPSA) is 55.8 Å². The fraction of sp³-hybridized carbons (Fsp3) is 0.417. The zero-order valence-electron chi connectivity index (χ0n) is 17.5. The summed E-state index contributed by atoms with van der Waals surface area (Å²) in [5, 5.41) is 0.617. The van der Waals surface area contributed by atoms with E-state index in [0.717, 1.165) is 5.56 Å². The molecule has 0 atom stereocenters. The van der Waals surface area contributed by atoms with Crippen LogP contribution >= 0.6 is 11.6 Å². The molecule has 1 amide bonds. The molecule has 2 aromatic rings. The zero-order valence-corrected chi connectivity index (χ0v) is 18.3. The fourth-order valence-corrected chi connectivity index (χ4v) is 4.35. The number of ketones is 1. The van der Waals surface area contributed by atoms with Crippen molar-refractivity contribution < 1.29 is 19.1 Å². The number of piperidine rings is 1. The summed E-state index contributed by atoms with van der Waals surface area (Å²) >= 11 is 5.92. The van der Waals surface area contributed by atoms with Crippen molar-refractivity contribution >= 4 is 23.3 Å². The SMILES string of the molecule is Cc1ccc2c(c1)C(=O)CC1(CCN(C(=O)C(C)(C)Oc3ccc(Cl)cc3)CC1)O2. The largest absolute Gasteiger partial charge is 0.486 e. The van der Waals surface area contributed by atoms with E-state index in [2.05, 4.69) is 0 Å². The molecule has 0 aromatic heterocycles. The molecule has 6 heteroatoms. The maximum atomic E-state index is 13.1. The van der Waals surface area contributed by atoms with Crippen molar-refractivity contribution in [1.82, 2.24) is 4.90 Å². The van der Waals surface area contributed by atoms with Crippen molar-refractivity contribution in [3.05, 3.63) is 58.6 Å². The Labute approximate surface area is 181 Å². The number of benzene rings is 2. The molecule has 0 bridgehead atoms. The highest BCUT2D eigenvalue weighted by Crippen LogP contribution is 2.40. The lowest BCUT2D eigenvalue weighted by molar-refractivity contribution is -0.149. The highest BCUT2D eigenvalue weighted by Gasteiger charge is 2.45. The first-order valence-electron chi connectivity index (χ1n) is 10.2. The van der Waals surface area contributed by atoms with Crippen LogP contribution in [-0.4, -0.2) is 40.9 Å². The summed E-state index contributed by atoms with van der Waals surface area (Å²) in [6.07, 6.45) is 1.60. The Bertz CT molecular complexity index is 975. The second-order valence-corrected chi connectivity index (χ2v) is 9.18. The van der Waals surface area contributed by atoms with Crippen LogP contribution in [0.3, 0.4) is 0 Å². The van der Waals surface area contributed by atoms with E-state index in [-0.39, 0.29) is 11.7 Å². The van der Waals surface area contributed by atoms with Gasteiger partial charge in [0.05, 0.1) is 12.0 Å². The molecule has 0 aliphatic carbocycles. The van der Waals surface area contributed by atoms with Gasteiger partial charge in [-0.3, -0.25) is 9.59 Å². The number of hydrogen-bond acceptors (Lipinski definition) is 4. The molecule has 30 heavy (non-hydrogen) atoms. The van der Waals surface area contributed by atoms with E-state index >= 15 is 0 Å². The lowest BCUT2D eigenvalue weighted by Gasteiger charge is -2.45. The van der Waals surface area contributed by atoms with Gasteiger partial charge in [0.2, 0.25) is 0 Å². The van der Waals surface area contributed by atoms with Crippen LogP contribution in [0.4, 0.5) is 0 Å². The molecule has 5 nitrogen and oxygen atoms in total. The third kappa shape index (κ3) is 4.04. The monoisotopic (exact) mass is 427 g/mol. The molecule has 1 spiro atoms. The molecule has 2 aliphatic rings. The summed E-state index contributed by atoms with van der Waals surface area (Å²) in [5.41, 5.74) is 0.171. The van der Waals surface area contributed by atoms with Crippen LogP contribution < -0.4 is 9.47 Å². The van der Waals surface area contributed by atoms with E-state index in [1.54, 1.807) is 43.0 Å². The molecular weight excluding hydrogens is 402 g/mol. The lowest BCUT2D eigenvalue weighted by atomic mass is 9.82. The van der Waals surface area contributed by atoms with Crippen LogP contribution in [-0.2, 0) is 4.79 Å². The number of likely N-dealkylation sites (tertiary alicyclic amines) is 1. The van der Waals surface area contributed by atoms with Crippen LogP contribution in [0.1, 0.15) is 49.0 Å². The number of Topliss-reactive ketones (excluding diaryl/α,β-unsaturated/α-hetero) is 1. The van der Waals surface area contributed by atoms with Gasteiger partial charge in [-0.15, -0.1) is 0 Å². The molecule has 2 heterocycles. The van der Waals surface area contributed by atoms with Gasteiger partial charge in [0, 0.05) is 31.0 Å². The van der Waals surface area contributed by atoms with Crippen molar-refractivity contribution in [3.8, 4) is 11.5 Å². The maximum Gasteiger partial charge on any atom is 0.266 e. The molecule has 158 valence electrons. The Kier molecular flexibility index (Phi) is 5.27. The van der Waals surface area contributed by atoms with Gasteiger partial charge in [-0.1, -0.05) is 23.2 Å². The van der Waals surface area contributed by atoms with E-state index in [4.69, 9.17) is 21.1 Å². The Balaban J connectivity index is 1.42. The smallest absolute Gasteiger partial charge is 0.266 e. The Morgan fingerprint density at radius 2 is 1.80 bits per heavy atom. The first kappa shape index (κ1) is 20.7. The molecule has 4 rings (SSSR count). The molecular formula is C24H26ClNO4. The van der Waals surface area contributed by atoms with E-state index in [1.165, 1.54) is 0 Å². The molecule has 1 saturated heterocycles. The Morgan fingerprint density at radius 1 is 1.13 bits per heavy atom. The summed E-state index contributed by atoms with van der Waals surface area (Å²) in [7, 11) is 0. The van der Waals surface area contributed by atoms with Crippen molar-refractivity contribution in [2.45, 2.75) is 51.2 Å². The standard InChI is InChI=1S/C24H26ClNO4/c1-16-4-9-21-19(14-16)20(27)15-24(30-21)10-12-26(13-11-24)22(28)23(2,3)29-18-7-5-17(25)6-8-18/h4-9,14H,10-13,15H2,1-3H3. The third-order valence-electron chi connectivity index (χ3n) is 5.91. The number of nitrogens with zero attached hydrogens (tertiary/aromatic N) is 1. The predicted molar refractivity (Wildman–Crippen MR) is 115 cm³/mol. The molecule has 1 fully saturated rings. The lowest BCUT2D eigenvalue weighted by Crippen LogP contribution is -2.56. The number of carbonyl (C=O) groups is 2. The molecule has 0 unspecified atom stereocenters. The predicted octanol–water partition coefficient (Wildman–Crippen LogP) is 4.83. The van der Waals surface area contributed by atoms with E-state index in [9.17, 15) is 9.59 Å². The van der Waals surface area contributed by atoms with Crippen LogP contribution in [0.15, 0.2) is 42.5 Å². The van der Waals surface area contributed by atoms with Gasteiger partial charge in [-0.05, 0) is 57.2 Å². The minimum atomic E-state index is -1.01. The highest BCUT2D eigenvalue weighted by molar-refractivity contribution is 6.30. The highest BCUT2D eigenvalue weighted by atomic mass is 35.5. The van der Waals surface area contributed by atoms with Gasteiger partial charge in [0.15, 0.2) is 11.4 Å². The Hall–Kier alpha value is -2.53. The van der Waals surface area contributed by atoms with Crippen LogP contribution in [0.25, 0.3) is 0 Å². The fourth-order valence-electron chi connectivity index (χ4n) is 4.23. The zero-order chi connectivity index (χ0) is 21.5. The Morgan fingerprint density at radius 3 is 2.47 bits per heavy atom. The number of amides is 1. The number of halogens is 1. The van der Waals surface area contributed by atoms with Gasteiger partial charge in [-0.2, -0.15) is 0 Å².